The zero-order chi connectivity index (χ0) is 10.2. The van der Waals surface area contributed by atoms with E-state index in [4.69, 9.17) is 4.74 Å². The lowest BCUT2D eigenvalue weighted by Crippen LogP contribution is -2.05. The Morgan fingerprint density at radius 2 is 2.00 bits per heavy atom. The van der Waals surface area contributed by atoms with E-state index in [1.807, 2.05) is 25.1 Å². The largest absolute Gasteiger partial charge is 0.378 e. The Balaban J connectivity index is 2.34. The highest BCUT2D eigenvalue weighted by molar-refractivity contribution is 5.48. The van der Waals surface area contributed by atoms with Gasteiger partial charge in [-0.1, -0.05) is 42.5 Å². The standard InChI is InChI=1S/C13H18O/c1-3-14-12(2)8-7-11-13-9-5-4-6-10-13/h4-7,9-12H,3,8H2,1-2H3. The summed E-state index contributed by atoms with van der Waals surface area (Å²) in [5, 5.41) is 0. The van der Waals surface area contributed by atoms with Crippen LogP contribution in [0.5, 0.6) is 0 Å². The maximum absolute atomic E-state index is 5.43. The number of rotatable bonds is 5. The highest BCUT2D eigenvalue weighted by atomic mass is 16.5. The van der Waals surface area contributed by atoms with Gasteiger partial charge in [0.1, 0.15) is 0 Å². The van der Waals surface area contributed by atoms with Gasteiger partial charge < -0.3 is 4.74 Å². The monoisotopic (exact) mass is 190 g/mol. The molecule has 0 heterocycles. The smallest absolute Gasteiger partial charge is 0.0581 e. The average Bonchev–Trinajstić information content (AvgIpc) is 2.20. The molecule has 1 aromatic carbocycles. The Morgan fingerprint density at radius 3 is 2.64 bits per heavy atom. The van der Waals surface area contributed by atoms with Crippen LogP contribution in [0.25, 0.3) is 6.08 Å². The quantitative estimate of drug-likeness (QED) is 0.690. The Bertz CT molecular complexity index is 264. The zero-order valence-electron chi connectivity index (χ0n) is 8.94. The second kappa shape index (κ2) is 6.39. The van der Waals surface area contributed by atoms with Crippen LogP contribution in [0.3, 0.4) is 0 Å². The Hall–Kier alpha value is -1.08. The van der Waals surface area contributed by atoms with E-state index in [-0.39, 0.29) is 0 Å². The van der Waals surface area contributed by atoms with Crippen molar-refractivity contribution in [3.8, 4) is 0 Å². The highest BCUT2D eigenvalue weighted by Gasteiger charge is 1.95. The molecule has 0 aromatic heterocycles. The van der Waals surface area contributed by atoms with Gasteiger partial charge in [0.05, 0.1) is 6.10 Å². The van der Waals surface area contributed by atoms with Gasteiger partial charge in [-0.15, -0.1) is 0 Å². The Kier molecular flexibility index (Phi) is 5.02. The Labute approximate surface area is 86.4 Å². The van der Waals surface area contributed by atoms with Crippen molar-refractivity contribution in [2.75, 3.05) is 6.61 Å². The van der Waals surface area contributed by atoms with Crippen molar-refractivity contribution in [3.05, 3.63) is 42.0 Å². The van der Waals surface area contributed by atoms with Crippen LogP contribution < -0.4 is 0 Å². The third-order valence-electron chi connectivity index (χ3n) is 2.03. The van der Waals surface area contributed by atoms with Gasteiger partial charge in [-0.3, -0.25) is 0 Å². The molecule has 0 fully saturated rings. The fourth-order valence-corrected chi connectivity index (χ4v) is 1.31. The summed E-state index contributed by atoms with van der Waals surface area (Å²) in [7, 11) is 0. The van der Waals surface area contributed by atoms with E-state index in [9.17, 15) is 0 Å². The molecule has 76 valence electrons. The van der Waals surface area contributed by atoms with Gasteiger partial charge in [0.25, 0.3) is 0 Å². The van der Waals surface area contributed by atoms with Crippen molar-refractivity contribution < 1.29 is 4.74 Å². The predicted molar refractivity (Wildman–Crippen MR) is 61.2 cm³/mol. The summed E-state index contributed by atoms with van der Waals surface area (Å²) in [6, 6.07) is 10.3. The minimum Gasteiger partial charge on any atom is -0.378 e. The molecule has 1 nitrogen and oxygen atoms in total. The molecule has 0 saturated carbocycles. The van der Waals surface area contributed by atoms with Crippen molar-refractivity contribution in [1.82, 2.24) is 0 Å². The van der Waals surface area contributed by atoms with Crippen molar-refractivity contribution in [2.45, 2.75) is 26.4 Å². The lowest BCUT2D eigenvalue weighted by Gasteiger charge is -2.07. The van der Waals surface area contributed by atoms with Crippen LogP contribution in [-0.2, 0) is 4.74 Å². The number of hydrogen-bond donors (Lipinski definition) is 0. The summed E-state index contributed by atoms with van der Waals surface area (Å²) in [6.07, 6.45) is 5.59. The second-order valence-electron chi connectivity index (χ2n) is 3.31. The molecule has 0 aliphatic heterocycles. The van der Waals surface area contributed by atoms with Crippen LogP contribution >= 0.6 is 0 Å². The molecule has 0 aliphatic carbocycles. The summed E-state index contributed by atoms with van der Waals surface area (Å²) in [4.78, 5) is 0. The molecular formula is C13H18O. The fourth-order valence-electron chi connectivity index (χ4n) is 1.31. The van der Waals surface area contributed by atoms with Gasteiger partial charge in [-0.05, 0) is 25.8 Å². The predicted octanol–water partition coefficient (Wildman–Crippen LogP) is 3.51. The van der Waals surface area contributed by atoms with Crippen LogP contribution in [0.1, 0.15) is 25.8 Å². The average molecular weight is 190 g/mol. The van der Waals surface area contributed by atoms with Gasteiger partial charge in [0, 0.05) is 6.61 Å². The zero-order valence-corrected chi connectivity index (χ0v) is 8.94. The summed E-state index contributed by atoms with van der Waals surface area (Å²) in [5.41, 5.74) is 1.25. The van der Waals surface area contributed by atoms with Gasteiger partial charge in [0.15, 0.2) is 0 Å². The van der Waals surface area contributed by atoms with E-state index in [0.717, 1.165) is 13.0 Å². The van der Waals surface area contributed by atoms with E-state index in [0.29, 0.717) is 6.10 Å². The van der Waals surface area contributed by atoms with Gasteiger partial charge in [0.2, 0.25) is 0 Å². The summed E-state index contributed by atoms with van der Waals surface area (Å²) >= 11 is 0. The number of hydrogen-bond acceptors (Lipinski definition) is 1. The molecule has 0 aliphatic rings. The molecule has 1 heteroatoms. The van der Waals surface area contributed by atoms with Crippen LogP contribution in [0.4, 0.5) is 0 Å². The third kappa shape index (κ3) is 4.24. The maximum Gasteiger partial charge on any atom is 0.0581 e. The summed E-state index contributed by atoms with van der Waals surface area (Å²) < 4.78 is 5.43. The first-order valence-corrected chi connectivity index (χ1v) is 5.16. The van der Waals surface area contributed by atoms with Gasteiger partial charge in [-0.25, -0.2) is 0 Å². The topological polar surface area (TPSA) is 9.23 Å². The van der Waals surface area contributed by atoms with Crippen LogP contribution in [0, 0.1) is 0 Å². The number of ether oxygens (including phenoxy) is 1. The normalized spacial score (nSPS) is 13.3. The fraction of sp³-hybridized carbons (Fsp3) is 0.385. The summed E-state index contributed by atoms with van der Waals surface area (Å²) in [5.74, 6) is 0. The molecule has 0 bridgehead atoms. The van der Waals surface area contributed by atoms with Crippen LogP contribution in [-0.4, -0.2) is 12.7 Å². The van der Waals surface area contributed by atoms with Crippen molar-refractivity contribution in [2.24, 2.45) is 0 Å². The second-order valence-corrected chi connectivity index (χ2v) is 3.31. The van der Waals surface area contributed by atoms with Crippen LogP contribution in [0.15, 0.2) is 36.4 Å². The SMILES string of the molecule is CCOC(C)CC=Cc1ccccc1. The van der Waals surface area contributed by atoms with Crippen LogP contribution in [0.2, 0.25) is 0 Å². The molecule has 1 aromatic rings. The first-order valence-electron chi connectivity index (χ1n) is 5.16. The molecule has 0 amide bonds. The molecular weight excluding hydrogens is 172 g/mol. The van der Waals surface area contributed by atoms with Gasteiger partial charge in [-0.2, -0.15) is 0 Å². The Morgan fingerprint density at radius 1 is 1.29 bits per heavy atom. The lowest BCUT2D eigenvalue weighted by molar-refractivity contribution is 0.0788. The van der Waals surface area contributed by atoms with E-state index in [2.05, 4.69) is 31.2 Å². The minimum atomic E-state index is 0.319. The van der Waals surface area contributed by atoms with Crippen molar-refractivity contribution in [1.29, 1.82) is 0 Å². The molecule has 1 rings (SSSR count). The third-order valence-corrected chi connectivity index (χ3v) is 2.03. The molecule has 0 spiro atoms. The lowest BCUT2D eigenvalue weighted by atomic mass is 10.2. The minimum absolute atomic E-state index is 0.319. The van der Waals surface area contributed by atoms with E-state index < -0.39 is 0 Å². The maximum atomic E-state index is 5.43. The first-order chi connectivity index (χ1) is 6.83. The van der Waals surface area contributed by atoms with Crippen molar-refractivity contribution >= 4 is 6.08 Å². The summed E-state index contributed by atoms with van der Waals surface area (Å²) in [6.45, 7) is 4.91. The van der Waals surface area contributed by atoms with E-state index in [1.54, 1.807) is 0 Å². The molecule has 0 N–H and O–H groups in total. The molecule has 0 radical (unpaired) electrons. The highest BCUT2D eigenvalue weighted by Crippen LogP contribution is 2.04. The molecule has 14 heavy (non-hydrogen) atoms. The first kappa shape index (κ1) is 11.0. The molecule has 0 saturated heterocycles. The van der Waals surface area contributed by atoms with Crippen molar-refractivity contribution in [3.63, 3.8) is 0 Å². The molecule has 1 unspecified atom stereocenters. The molecule has 1 atom stereocenters. The van der Waals surface area contributed by atoms with Gasteiger partial charge >= 0.3 is 0 Å². The van der Waals surface area contributed by atoms with E-state index in [1.165, 1.54) is 5.56 Å². The van der Waals surface area contributed by atoms with E-state index >= 15 is 0 Å². The number of benzene rings is 1.